The van der Waals surface area contributed by atoms with Gasteiger partial charge in [-0.3, -0.25) is 4.79 Å². The third-order valence-electron chi connectivity index (χ3n) is 4.71. The largest absolute Gasteiger partial charge is 0.494 e. The molecule has 9 nitrogen and oxygen atoms in total. The van der Waals surface area contributed by atoms with Gasteiger partial charge in [-0.05, 0) is 37.3 Å². The van der Waals surface area contributed by atoms with Gasteiger partial charge < -0.3 is 19.5 Å². The number of carbonyl (C=O) groups excluding carboxylic acids is 1. The van der Waals surface area contributed by atoms with Crippen molar-refractivity contribution < 1.29 is 27.4 Å². The molecule has 2 heterocycles. The Kier molecular flexibility index (Phi) is 6.49. The summed E-state index contributed by atoms with van der Waals surface area (Å²) in [7, 11) is -2.55. The van der Waals surface area contributed by atoms with Crippen molar-refractivity contribution in [3.05, 3.63) is 36.4 Å². The van der Waals surface area contributed by atoms with Gasteiger partial charge in [-0.25, -0.2) is 13.4 Å². The molecular formula is C21H23N3O6S2. The molecule has 0 aliphatic carbocycles. The first-order valence-corrected chi connectivity index (χ1v) is 12.3. The molecule has 170 valence electrons. The number of nitrogens with zero attached hydrogens (tertiary/aromatic N) is 2. The second-order valence-electron chi connectivity index (χ2n) is 7.05. The average molecular weight is 478 g/mol. The number of benzene rings is 2. The van der Waals surface area contributed by atoms with Crippen LogP contribution in [0.15, 0.2) is 41.3 Å². The molecule has 32 heavy (non-hydrogen) atoms. The van der Waals surface area contributed by atoms with Crippen molar-refractivity contribution in [2.24, 2.45) is 0 Å². The molecule has 4 rings (SSSR count). The number of anilines is 1. The summed E-state index contributed by atoms with van der Waals surface area (Å²) >= 11 is 1.29. The summed E-state index contributed by atoms with van der Waals surface area (Å²) in [6, 6.07) is 9.92. The van der Waals surface area contributed by atoms with E-state index in [9.17, 15) is 13.2 Å². The number of hydrogen-bond donors (Lipinski definition) is 1. The van der Waals surface area contributed by atoms with Crippen molar-refractivity contribution >= 4 is 42.6 Å². The summed E-state index contributed by atoms with van der Waals surface area (Å²) in [4.78, 5) is 16.9. The second-order valence-corrected chi connectivity index (χ2v) is 10.1. The van der Waals surface area contributed by atoms with Gasteiger partial charge in [0.05, 0.1) is 41.5 Å². The van der Waals surface area contributed by atoms with Crippen LogP contribution in [0.1, 0.15) is 13.3 Å². The number of sulfonamides is 1. The maximum Gasteiger partial charge on any atom is 0.243 e. The van der Waals surface area contributed by atoms with Gasteiger partial charge in [-0.2, -0.15) is 4.31 Å². The summed E-state index contributed by atoms with van der Waals surface area (Å²) < 4.78 is 44.4. The molecule has 0 bridgehead atoms. The van der Waals surface area contributed by atoms with E-state index in [2.05, 4.69) is 10.3 Å². The normalized spacial score (nSPS) is 13.7. The number of aromatic nitrogens is 1. The molecule has 1 aromatic heterocycles. The number of likely N-dealkylation sites (N-methyl/N-ethyl adjacent to an activating group) is 1. The zero-order valence-corrected chi connectivity index (χ0v) is 19.3. The van der Waals surface area contributed by atoms with Crippen LogP contribution < -0.4 is 19.5 Å². The third-order valence-corrected chi connectivity index (χ3v) is 7.44. The van der Waals surface area contributed by atoms with Crippen molar-refractivity contribution in [3.8, 4) is 17.2 Å². The number of amides is 1. The Balaban J connectivity index is 1.45. The van der Waals surface area contributed by atoms with Crippen LogP contribution >= 0.6 is 11.3 Å². The van der Waals surface area contributed by atoms with E-state index in [1.807, 2.05) is 25.1 Å². The lowest BCUT2D eigenvalue weighted by molar-refractivity contribution is -0.116. The van der Waals surface area contributed by atoms with E-state index in [1.165, 1.54) is 30.5 Å². The summed E-state index contributed by atoms with van der Waals surface area (Å²) in [6.07, 6.45) is 0.718. The fraction of sp³-hybridized carbons (Fsp3) is 0.333. The van der Waals surface area contributed by atoms with Crippen molar-refractivity contribution in [2.75, 3.05) is 38.7 Å². The summed E-state index contributed by atoms with van der Waals surface area (Å²) in [5.74, 6) is 1.12. The molecule has 0 fully saturated rings. The van der Waals surface area contributed by atoms with E-state index in [-0.39, 0.29) is 11.4 Å². The predicted octanol–water partition coefficient (Wildman–Crippen LogP) is 3.12. The average Bonchev–Trinajstić information content (AvgIpc) is 2.99. The van der Waals surface area contributed by atoms with E-state index >= 15 is 0 Å². The first-order valence-electron chi connectivity index (χ1n) is 10.1. The Hall–Kier alpha value is -2.89. The van der Waals surface area contributed by atoms with Gasteiger partial charge in [0.25, 0.3) is 0 Å². The smallest absolute Gasteiger partial charge is 0.243 e. The Morgan fingerprint density at radius 3 is 2.75 bits per heavy atom. The van der Waals surface area contributed by atoms with Gasteiger partial charge in [0.1, 0.15) is 5.75 Å². The minimum atomic E-state index is -3.90. The molecular weight excluding hydrogens is 454 g/mol. The maximum atomic E-state index is 13.0. The number of thiazole rings is 1. The van der Waals surface area contributed by atoms with Crippen molar-refractivity contribution in [1.82, 2.24) is 9.29 Å². The van der Waals surface area contributed by atoms with Crippen LogP contribution in [0.3, 0.4) is 0 Å². The van der Waals surface area contributed by atoms with E-state index in [0.29, 0.717) is 36.5 Å². The Labute approximate surface area is 190 Å². The zero-order valence-electron chi connectivity index (χ0n) is 17.7. The molecule has 0 atom stereocenters. The molecule has 1 amide bonds. The number of rotatable bonds is 7. The highest BCUT2D eigenvalue weighted by Gasteiger charge is 2.25. The molecule has 1 N–H and O–H groups in total. The maximum absolute atomic E-state index is 13.0. The predicted molar refractivity (Wildman–Crippen MR) is 121 cm³/mol. The quantitative estimate of drug-likeness (QED) is 0.557. The van der Waals surface area contributed by atoms with Crippen molar-refractivity contribution in [2.45, 2.75) is 18.2 Å². The van der Waals surface area contributed by atoms with Gasteiger partial charge >= 0.3 is 0 Å². The van der Waals surface area contributed by atoms with Crippen molar-refractivity contribution in [1.29, 1.82) is 0 Å². The molecule has 3 aromatic rings. The number of carbonyl (C=O) groups is 1. The zero-order chi connectivity index (χ0) is 22.7. The monoisotopic (exact) mass is 477 g/mol. The number of hydrogen-bond acceptors (Lipinski definition) is 8. The first-order chi connectivity index (χ1) is 15.4. The number of nitrogens with one attached hydrogen (secondary N) is 1. The van der Waals surface area contributed by atoms with E-state index in [4.69, 9.17) is 14.2 Å². The number of fused-ring (bicyclic) bond motifs is 2. The van der Waals surface area contributed by atoms with Crippen LogP contribution in [-0.4, -0.2) is 57.0 Å². The van der Waals surface area contributed by atoms with Gasteiger partial charge in [-0.15, -0.1) is 0 Å². The SMILES string of the molecule is CCOc1ccc2nc(NC(=O)CN(C)S(=O)(=O)c3ccc4c(c3)OCCCO4)sc2c1. The summed E-state index contributed by atoms with van der Waals surface area (Å²) in [6.45, 7) is 3.05. The van der Waals surface area contributed by atoms with Gasteiger partial charge in [0.2, 0.25) is 15.9 Å². The molecule has 11 heteroatoms. The van der Waals surface area contributed by atoms with E-state index in [1.54, 1.807) is 6.07 Å². The summed E-state index contributed by atoms with van der Waals surface area (Å²) in [5, 5.41) is 3.06. The van der Waals surface area contributed by atoms with Gasteiger partial charge in [0, 0.05) is 19.5 Å². The molecule has 0 radical (unpaired) electrons. The molecule has 0 spiro atoms. The minimum absolute atomic E-state index is 0.0282. The molecule has 2 aromatic carbocycles. The van der Waals surface area contributed by atoms with Crippen LogP contribution in [0.5, 0.6) is 17.2 Å². The number of ether oxygens (including phenoxy) is 3. The molecule has 0 unspecified atom stereocenters. The van der Waals surface area contributed by atoms with Gasteiger partial charge in [0.15, 0.2) is 16.6 Å². The van der Waals surface area contributed by atoms with E-state index in [0.717, 1.165) is 26.7 Å². The lowest BCUT2D eigenvalue weighted by Gasteiger charge is -2.17. The molecule has 0 saturated heterocycles. The minimum Gasteiger partial charge on any atom is -0.494 e. The molecule has 0 saturated carbocycles. The van der Waals surface area contributed by atoms with Crippen LogP contribution in [0, 0.1) is 0 Å². The standard InChI is InChI=1S/C21H23N3O6S2/c1-3-28-14-5-7-16-19(11-14)31-21(22-16)23-20(25)13-24(2)32(26,27)15-6-8-17-18(12-15)30-10-4-9-29-17/h5-8,11-12H,3-4,9-10,13H2,1-2H3,(H,22,23,25). The van der Waals surface area contributed by atoms with Crippen LogP contribution in [-0.2, 0) is 14.8 Å². The first kappa shape index (κ1) is 22.3. The fourth-order valence-electron chi connectivity index (χ4n) is 3.14. The van der Waals surface area contributed by atoms with Crippen LogP contribution in [0.25, 0.3) is 10.2 Å². The second kappa shape index (κ2) is 9.31. The van der Waals surface area contributed by atoms with Crippen LogP contribution in [0.4, 0.5) is 5.13 Å². The Morgan fingerprint density at radius 1 is 1.19 bits per heavy atom. The molecule has 1 aliphatic rings. The highest BCUT2D eigenvalue weighted by atomic mass is 32.2. The Bertz CT molecular complexity index is 1240. The fourth-order valence-corrected chi connectivity index (χ4v) is 5.20. The third kappa shape index (κ3) is 4.79. The lowest BCUT2D eigenvalue weighted by atomic mass is 10.3. The highest BCUT2D eigenvalue weighted by Crippen LogP contribution is 2.33. The van der Waals surface area contributed by atoms with Crippen molar-refractivity contribution in [3.63, 3.8) is 0 Å². The van der Waals surface area contributed by atoms with Crippen LogP contribution in [0.2, 0.25) is 0 Å². The molecule has 1 aliphatic heterocycles. The van der Waals surface area contributed by atoms with E-state index < -0.39 is 15.9 Å². The summed E-state index contributed by atoms with van der Waals surface area (Å²) in [5.41, 5.74) is 0.724. The van der Waals surface area contributed by atoms with Gasteiger partial charge in [-0.1, -0.05) is 11.3 Å². The Morgan fingerprint density at radius 2 is 1.97 bits per heavy atom. The highest BCUT2D eigenvalue weighted by molar-refractivity contribution is 7.89. The lowest BCUT2D eigenvalue weighted by Crippen LogP contribution is -2.34. The topological polar surface area (TPSA) is 107 Å².